The first-order valence-electron chi connectivity index (χ1n) is 11.3. The number of hydrogen-bond acceptors (Lipinski definition) is 6. The van der Waals surface area contributed by atoms with Crippen molar-refractivity contribution in [2.75, 3.05) is 19.8 Å². The highest BCUT2D eigenvalue weighted by molar-refractivity contribution is 5.93. The van der Waals surface area contributed by atoms with Gasteiger partial charge in [-0.3, -0.25) is 4.79 Å². The number of ether oxygens (including phenoxy) is 3. The maximum absolute atomic E-state index is 12.1. The molecule has 0 amide bonds. The number of unbranched alkanes of at least 4 members (excludes halogenated alkanes) is 2. The number of carbonyl (C=O) groups excluding carboxylic acids is 2. The van der Waals surface area contributed by atoms with E-state index in [0.717, 1.165) is 41.3 Å². The highest BCUT2D eigenvalue weighted by Gasteiger charge is 2.12. The number of phenolic OH excluding ortho intramolecular Hbond substituents is 1. The summed E-state index contributed by atoms with van der Waals surface area (Å²) in [5.41, 5.74) is 1.56. The van der Waals surface area contributed by atoms with Gasteiger partial charge in [0.15, 0.2) is 0 Å². The lowest BCUT2D eigenvalue weighted by Crippen LogP contribution is -2.06. The number of esters is 1. The van der Waals surface area contributed by atoms with Crippen molar-refractivity contribution < 1.29 is 28.9 Å². The molecule has 0 aromatic heterocycles. The van der Waals surface area contributed by atoms with Crippen LogP contribution in [-0.4, -0.2) is 37.4 Å². The van der Waals surface area contributed by atoms with Gasteiger partial charge in [0.05, 0.1) is 19.8 Å². The molecule has 3 rings (SSSR count). The van der Waals surface area contributed by atoms with Crippen LogP contribution < -0.4 is 4.74 Å². The Balaban J connectivity index is 1.63. The fraction of sp³-hybridized carbons (Fsp3) is 0.286. The van der Waals surface area contributed by atoms with Crippen LogP contribution in [0.3, 0.4) is 0 Å². The normalized spacial score (nSPS) is 10.3. The topological polar surface area (TPSA) is 82.1 Å². The van der Waals surface area contributed by atoms with Crippen LogP contribution >= 0.6 is 0 Å². The first kappa shape index (κ1) is 24.7. The monoisotopic (exact) mass is 460 g/mol. The number of fused-ring (bicyclic) bond motifs is 1. The van der Waals surface area contributed by atoms with Gasteiger partial charge < -0.3 is 19.3 Å². The number of carbonyl (C=O) groups is 2. The Bertz CT molecular complexity index is 1190. The lowest BCUT2D eigenvalue weighted by atomic mass is 10.1. The summed E-state index contributed by atoms with van der Waals surface area (Å²) >= 11 is 0. The summed E-state index contributed by atoms with van der Waals surface area (Å²) in [4.78, 5) is 22.2. The molecule has 0 fully saturated rings. The molecule has 0 aliphatic rings. The van der Waals surface area contributed by atoms with E-state index in [0.29, 0.717) is 38.3 Å². The fourth-order valence-corrected chi connectivity index (χ4v) is 3.29. The highest BCUT2D eigenvalue weighted by Crippen LogP contribution is 2.23. The molecule has 0 saturated heterocycles. The quantitative estimate of drug-likeness (QED) is 0.183. The van der Waals surface area contributed by atoms with E-state index < -0.39 is 5.97 Å². The molecule has 0 heterocycles. The van der Waals surface area contributed by atoms with Crippen molar-refractivity contribution in [3.8, 4) is 23.3 Å². The van der Waals surface area contributed by atoms with E-state index in [4.69, 9.17) is 9.47 Å². The van der Waals surface area contributed by atoms with E-state index in [1.165, 1.54) is 6.07 Å². The van der Waals surface area contributed by atoms with Crippen LogP contribution in [0.15, 0.2) is 54.6 Å². The molecule has 0 saturated carbocycles. The molecule has 0 unspecified atom stereocenters. The van der Waals surface area contributed by atoms with E-state index >= 15 is 0 Å². The zero-order valence-electron chi connectivity index (χ0n) is 19.2. The van der Waals surface area contributed by atoms with E-state index in [9.17, 15) is 14.7 Å². The Kier molecular flexibility index (Phi) is 9.36. The predicted octanol–water partition coefficient (Wildman–Crippen LogP) is 5.23. The van der Waals surface area contributed by atoms with Crippen molar-refractivity contribution in [1.29, 1.82) is 0 Å². The average Bonchev–Trinajstić information content (AvgIpc) is 2.86. The van der Waals surface area contributed by atoms with E-state index in [1.807, 2.05) is 43.3 Å². The first-order valence-corrected chi connectivity index (χ1v) is 11.3. The van der Waals surface area contributed by atoms with Gasteiger partial charge >= 0.3 is 5.97 Å². The fourth-order valence-electron chi connectivity index (χ4n) is 3.29. The van der Waals surface area contributed by atoms with Crippen LogP contribution in [0.4, 0.5) is 0 Å². The van der Waals surface area contributed by atoms with Crippen molar-refractivity contribution in [3.63, 3.8) is 0 Å². The number of rotatable bonds is 11. The van der Waals surface area contributed by atoms with Gasteiger partial charge in [-0.15, -0.1) is 0 Å². The number of aromatic hydroxyl groups is 1. The summed E-state index contributed by atoms with van der Waals surface area (Å²) in [5, 5.41) is 12.1. The summed E-state index contributed by atoms with van der Waals surface area (Å²) in [6.07, 6.45) is 3.37. The van der Waals surface area contributed by atoms with Crippen LogP contribution in [0.1, 0.15) is 54.1 Å². The van der Waals surface area contributed by atoms with Crippen LogP contribution in [-0.2, 0) is 14.3 Å². The first-order chi connectivity index (χ1) is 16.6. The molecular weight excluding hydrogens is 432 g/mol. The molecule has 3 aromatic rings. The van der Waals surface area contributed by atoms with Gasteiger partial charge in [0.1, 0.15) is 17.1 Å². The van der Waals surface area contributed by atoms with E-state index in [1.54, 1.807) is 12.1 Å². The second-order valence-corrected chi connectivity index (χ2v) is 7.72. The summed E-state index contributed by atoms with van der Waals surface area (Å²) in [5.74, 6) is 6.29. The minimum Gasteiger partial charge on any atom is -0.507 e. The molecule has 34 heavy (non-hydrogen) atoms. The average molecular weight is 461 g/mol. The van der Waals surface area contributed by atoms with Crippen molar-refractivity contribution in [1.82, 2.24) is 0 Å². The van der Waals surface area contributed by atoms with E-state index in [-0.39, 0.29) is 11.3 Å². The minimum absolute atomic E-state index is 0.112. The molecular formula is C28H28O6. The third kappa shape index (κ3) is 7.28. The van der Waals surface area contributed by atoms with Gasteiger partial charge in [-0.2, -0.15) is 0 Å². The molecule has 0 spiro atoms. The lowest BCUT2D eigenvalue weighted by molar-refractivity contribution is -0.128. The molecule has 0 aliphatic heterocycles. The summed E-state index contributed by atoms with van der Waals surface area (Å²) in [7, 11) is 0. The highest BCUT2D eigenvalue weighted by atomic mass is 16.5. The Morgan fingerprint density at radius 2 is 1.59 bits per heavy atom. The molecule has 0 radical (unpaired) electrons. The van der Waals surface area contributed by atoms with E-state index in [2.05, 4.69) is 16.6 Å². The third-order valence-electron chi connectivity index (χ3n) is 5.06. The minimum atomic E-state index is -0.557. The standard InChI is InChI=1S/C28H28O6/c1-2-14-34-28(31)26-18-22(9-13-27(26)30)7-6-21-8-10-24-19-25(12-11-23(24)17-21)33-16-5-3-4-15-32-20-29/h8-13,17-20,30H,2-5,14-16H2,1H3. The maximum atomic E-state index is 12.1. The largest absolute Gasteiger partial charge is 0.507 e. The number of phenols is 1. The molecule has 0 bridgehead atoms. The van der Waals surface area contributed by atoms with Crippen molar-refractivity contribution in [3.05, 3.63) is 71.3 Å². The molecule has 176 valence electrons. The van der Waals surface area contributed by atoms with Gasteiger partial charge in [0, 0.05) is 11.1 Å². The Morgan fingerprint density at radius 1 is 0.882 bits per heavy atom. The molecule has 6 heteroatoms. The zero-order valence-corrected chi connectivity index (χ0v) is 19.2. The summed E-state index contributed by atoms with van der Waals surface area (Å²) in [6.45, 7) is 3.74. The van der Waals surface area contributed by atoms with Crippen molar-refractivity contribution >= 4 is 23.2 Å². The second kappa shape index (κ2) is 12.9. The van der Waals surface area contributed by atoms with Gasteiger partial charge in [-0.25, -0.2) is 4.79 Å². The SMILES string of the molecule is CCCOC(=O)c1cc(C#Cc2ccc3cc(OCCCCCOC=O)ccc3c2)ccc1O. The summed E-state index contributed by atoms with van der Waals surface area (Å²) < 4.78 is 15.6. The maximum Gasteiger partial charge on any atom is 0.341 e. The van der Waals surface area contributed by atoms with Gasteiger partial charge in [-0.1, -0.05) is 30.9 Å². The Morgan fingerprint density at radius 3 is 2.38 bits per heavy atom. The van der Waals surface area contributed by atoms with Gasteiger partial charge in [0.2, 0.25) is 0 Å². The Labute approximate surface area is 199 Å². The van der Waals surface area contributed by atoms with Crippen LogP contribution in [0, 0.1) is 11.8 Å². The molecule has 0 aliphatic carbocycles. The van der Waals surface area contributed by atoms with Crippen molar-refractivity contribution in [2.24, 2.45) is 0 Å². The molecule has 6 nitrogen and oxygen atoms in total. The third-order valence-corrected chi connectivity index (χ3v) is 5.06. The Hall–Kier alpha value is -3.98. The van der Waals surface area contributed by atoms with Gasteiger partial charge in [-0.05, 0) is 78.9 Å². The predicted molar refractivity (Wildman–Crippen MR) is 130 cm³/mol. The number of hydrogen-bond donors (Lipinski definition) is 1. The van der Waals surface area contributed by atoms with Crippen LogP contribution in [0.25, 0.3) is 10.8 Å². The molecule has 0 atom stereocenters. The molecule has 1 N–H and O–H groups in total. The zero-order chi connectivity index (χ0) is 24.2. The van der Waals surface area contributed by atoms with Crippen LogP contribution in [0.2, 0.25) is 0 Å². The van der Waals surface area contributed by atoms with Crippen molar-refractivity contribution in [2.45, 2.75) is 32.6 Å². The van der Waals surface area contributed by atoms with Crippen LogP contribution in [0.5, 0.6) is 11.5 Å². The van der Waals surface area contributed by atoms with Gasteiger partial charge in [0.25, 0.3) is 6.47 Å². The smallest absolute Gasteiger partial charge is 0.341 e. The second-order valence-electron chi connectivity index (χ2n) is 7.72. The summed E-state index contributed by atoms with van der Waals surface area (Å²) in [6, 6.07) is 16.5. The number of benzene rings is 3. The molecule has 3 aromatic carbocycles. The lowest BCUT2D eigenvalue weighted by Gasteiger charge is -2.07.